The van der Waals surface area contributed by atoms with E-state index in [1.165, 1.54) is 5.56 Å². The second-order valence-electron chi connectivity index (χ2n) is 6.84. The maximum Gasteiger partial charge on any atom is 0.220 e. The van der Waals surface area contributed by atoms with Crippen molar-refractivity contribution in [3.63, 3.8) is 0 Å². The van der Waals surface area contributed by atoms with Crippen LogP contribution in [0.25, 0.3) is 0 Å². The Morgan fingerprint density at radius 1 is 1.24 bits per heavy atom. The summed E-state index contributed by atoms with van der Waals surface area (Å²) >= 11 is 6.31. The summed E-state index contributed by atoms with van der Waals surface area (Å²) in [7, 11) is 1.68. The lowest BCUT2D eigenvalue weighted by molar-refractivity contribution is -0.121. The molecule has 0 spiro atoms. The van der Waals surface area contributed by atoms with Gasteiger partial charge in [-0.15, -0.1) is 0 Å². The van der Waals surface area contributed by atoms with E-state index in [0.717, 1.165) is 41.2 Å². The molecule has 0 unspecified atom stereocenters. The molecule has 0 atom stereocenters. The number of benzene rings is 2. The zero-order chi connectivity index (χ0) is 17.9. The van der Waals surface area contributed by atoms with Crippen molar-refractivity contribution in [1.82, 2.24) is 5.32 Å². The fourth-order valence-electron chi connectivity index (χ4n) is 3.40. The highest BCUT2D eigenvalue weighted by Crippen LogP contribution is 2.52. The SMILES string of the molecule is COc1ccc(CCNC(=O)CC2(c3ccccc3Cl)CC2)cc1C. The van der Waals surface area contributed by atoms with Crippen LogP contribution in [0, 0.1) is 6.92 Å². The number of hydrogen-bond donors (Lipinski definition) is 1. The third-order valence-corrected chi connectivity index (χ3v) is 5.32. The van der Waals surface area contributed by atoms with Crippen LogP contribution in [-0.2, 0) is 16.6 Å². The van der Waals surface area contributed by atoms with Crippen LogP contribution in [-0.4, -0.2) is 19.6 Å². The van der Waals surface area contributed by atoms with Gasteiger partial charge >= 0.3 is 0 Å². The molecule has 0 radical (unpaired) electrons. The van der Waals surface area contributed by atoms with Gasteiger partial charge in [0.25, 0.3) is 0 Å². The number of carbonyl (C=O) groups is 1. The maximum atomic E-state index is 12.4. The van der Waals surface area contributed by atoms with E-state index in [2.05, 4.69) is 11.4 Å². The van der Waals surface area contributed by atoms with Gasteiger partial charge in [-0.25, -0.2) is 0 Å². The van der Waals surface area contributed by atoms with Crippen LogP contribution in [0.5, 0.6) is 5.75 Å². The summed E-state index contributed by atoms with van der Waals surface area (Å²) in [5, 5.41) is 3.82. The number of amides is 1. The number of carbonyl (C=O) groups excluding carboxylic acids is 1. The topological polar surface area (TPSA) is 38.3 Å². The van der Waals surface area contributed by atoms with E-state index in [1.54, 1.807) is 7.11 Å². The third kappa shape index (κ3) is 4.16. The molecule has 25 heavy (non-hydrogen) atoms. The molecule has 1 aliphatic rings. The molecule has 1 amide bonds. The number of ether oxygens (including phenoxy) is 1. The van der Waals surface area contributed by atoms with Gasteiger partial charge in [-0.2, -0.15) is 0 Å². The van der Waals surface area contributed by atoms with Crippen molar-refractivity contribution in [3.8, 4) is 5.75 Å². The predicted molar refractivity (Wildman–Crippen MR) is 101 cm³/mol. The van der Waals surface area contributed by atoms with Crippen LogP contribution >= 0.6 is 11.6 Å². The first-order chi connectivity index (χ1) is 12.0. The first-order valence-electron chi connectivity index (χ1n) is 8.69. The molecule has 3 nitrogen and oxygen atoms in total. The molecule has 0 aromatic heterocycles. The summed E-state index contributed by atoms with van der Waals surface area (Å²) in [4.78, 5) is 12.4. The Morgan fingerprint density at radius 2 is 2.00 bits per heavy atom. The van der Waals surface area contributed by atoms with Crippen LogP contribution in [0.1, 0.15) is 36.0 Å². The average Bonchev–Trinajstić information content (AvgIpc) is 3.35. The number of rotatable bonds is 7. The highest BCUT2D eigenvalue weighted by Gasteiger charge is 2.46. The summed E-state index contributed by atoms with van der Waals surface area (Å²) in [6, 6.07) is 14.0. The van der Waals surface area contributed by atoms with Gasteiger partial charge in [0, 0.05) is 23.4 Å². The summed E-state index contributed by atoms with van der Waals surface area (Å²) in [5.74, 6) is 0.992. The molecule has 2 aromatic rings. The molecule has 4 heteroatoms. The Kier molecular flexibility index (Phi) is 5.33. The number of nitrogens with one attached hydrogen (secondary N) is 1. The average molecular weight is 358 g/mol. The van der Waals surface area contributed by atoms with E-state index in [4.69, 9.17) is 16.3 Å². The molecule has 1 N–H and O–H groups in total. The number of methoxy groups -OCH3 is 1. The van der Waals surface area contributed by atoms with Crippen LogP contribution in [0.2, 0.25) is 5.02 Å². The minimum Gasteiger partial charge on any atom is -0.496 e. The van der Waals surface area contributed by atoms with Gasteiger partial charge in [-0.05, 0) is 55.0 Å². The fraction of sp³-hybridized carbons (Fsp3) is 0.381. The van der Waals surface area contributed by atoms with E-state index in [0.29, 0.717) is 13.0 Å². The van der Waals surface area contributed by atoms with E-state index in [9.17, 15) is 4.79 Å². The highest BCUT2D eigenvalue weighted by molar-refractivity contribution is 6.31. The zero-order valence-electron chi connectivity index (χ0n) is 14.8. The van der Waals surface area contributed by atoms with Gasteiger partial charge in [0.1, 0.15) is 5.75 Å². The highest BCUT2D eigenvalue weighted by atomic mass is 35.5. The van der Waals surface area contributed by atoms with E-state index < -0.39 is 0 Å². The molecular formula is C21H24ClNO2. The molecule has 132 valence electrons. The van der Waals surface area contributed by atoms with Crippen LogP contribution < -0.4 is 10.1 Å². The third-order valence-electron chi connectivity index (χ3n) is 4.99. The standard InChI is InChI=1S/C21H24ClNO2/c1-15-13-16(7-8-19(15)25-2)9-12-23-20(24)14-21(10-11-21)17-5-3-4-6-18(17)22/h3-8,13H,9-12,14H2,1-2H3,(H,23,24). The molecular weight excluding hydrogens is 334 g/mol. The Labute approximate surface area is 154 Å². The summed E-state index contributed by atoms with van der Waals surface area (Å²) < 4.78 is 5.28. The number of aryl methyl sites for hydroxylation is 1. The monoisotopic (exact) mass is 357 g/mol. The van der Waals surface area contributed by atoms with Crippen molar-refractivity contribution in [2.24, 2.45) is 0 Å². The molecule has 3 rings (SSSR count). The summed E-state index contributed by atoms with van der Waals surface area (Å²) in [6.45, 7) is 2.67. The van der Waals surface area contributed by atoms with Crippen molar-refractivity contribution < 1.29 is 9.53 Å². The van der Waals surface area contributed by atoms with Crippen molar-refractivity contribution in [3.05, 3.63) is 64.2 Å². The molecule has 0 aliphatic heterocycles. The van der Waals surface area contributed by atoms with Gasteiger partial charge in [0.15, 0.2) is 0 Å². The first kappa shape index (κ1) is 17.8. The minimum absolute atomic E-state index is 0.0564. The first-order valence-corrected chi connectivity index (χ1v) is 9.07. The number of hydrogen-bond acceptors (Lipinski definition) is 2. The molecule has 1 aliphatic carbocycles. The minimum atomic E-state index is -0.0564. The van der Waals surface area contributed by atoms with E-state index in [-0.39, 0.29) is 11.3 Å². The quantitative estimate of drug-likeness (QED) is 0.795. The van der Waals surface area contributed by atoms with E-state index in [1.807, 2.05) is 43.3 Å². The Bertz CT molecular complexity index is 768. The van der Waals surface area contributed by atoms with Crippen molar-refractivity contribution in [1.29, 1.82) is 0 Å². The molecule has 1 fully saturated rings. The normalized spacial score (nSPS) is 14.8. The van der Waals surface area contributed by atoms with Crippen molar-refractivity contribution >= 4 is 17.5 Å². The molecule has 0 bridgehead atoms. The second-order valence-corrected chi connectivity index (χ2v) is 7.25. The van der Waals surface area contributed by atoms with Crippen LogP contribution in [0.3, 0.4) is 0 Å². The Hall–Kier alpha value is -2.00. The number of halogens is 1. The Morgan fingerprint density at radius 3 is 2.64 bits per heavy atom. The lowest BCUT2D eigenvalue weighted by Gasteiger charge is -2.17. The molecule has 0 heterocycles. The Balaban J connectivity index is 1.52. The molecule has 2 aromatic carbocycles. The lowest BCUT2D eigenvalue weighted by atomic mass is 9.92. The van der Waals surface area contributed by atoms with Gasteiger partial charge in [-0.1, -0.05) is 41.9 Å². The van der Waals surface area contributed by atoms with Crippen LogP contribution in [0.4, 0.5) is 0 Å². The molecule has 0 saturated heterocycles. The van der Waals surface area contributed by atoms with Gasteiger partial charge in [-0.3, -0.25) is 4.79 Å². The van der Waals surface area contributed by atoms with Gasteiger partial charge in [0.05, 0.1) is 7.11 Å². The second kappa shape index (κ2) is 7.49. The largest absolute Gasteiger partial charge is 0.496 e. The van der Waals surface area contributed by atoms with Gasteiger partial charge in [0.2, 0.25) is 5.91 Å². The van der Waals surface area contributed by atoms with E-state index >= 15 is 0 Å². The van der Waals surface area contributed by atoms with Crippen molar-refractivity contribution in [2.45, 2.75) is 38.0 Å². The zero-order valence-corrected chi connectivity index (χ0v) is 15.5. The fourth-order valence-corrected chi connectivity index (χ4v) is 3.73. The molecule has 1 saturated carbocycles. The maximum absolute atomic E-state index is 12.4. The van der Waals surface area contributed by atoms with Crippen LogP contribution in [0.15, 0.2) is 42.5 Å². The lowest BCUT2D eigenvalue weighted by Crippen LogP contribution is -2.29. The summed E-state index contributed by atoms with van der Waals surface area (Å²) in [5.41, 5.74) is 3.37. The predicted octanol–water partition coefficient (Wildman–Crippen LogP) is 4.44. The smallest absolute Gasteiger partial charge is 0.220 e. The van der Waals surface area contributed by atoms with Crippen molar-refractivity contribution in [2.75, 3.05) is 13.7 Å². The van der Waals surface area contributed by atoms with Gasteiger partial charge < -0.3 is 10.1 Å². The summed E-state index contributed by atoms with van der Waals surface area (Å²) in [6.07, 6.45) is 3.39.